The van der Waals surface area contributed by atoms with Crippen LogP contribution in [0.1, 0.15) is 25.7 Å². The SMILES string of the molecule is O=C(CCn1cccn1)N1CCCN(C[C@@H]2CCCO2)CC1. The molecule has 0 saturated carbocycles. The second-order valence-corrected chi connectivity index (χ2v) is 6.19. The van der Waals surface area contributed by atoms with Crippen LogP contribution in [0.2, 0.25) is 0 Å². The first-order valence-corrected chi connectivity index (χ1v) is 8.40. The molecular weight excluding hydrogens is 280 g/mol. The molecule has 2 aliphatic heterocycles. The summed E-state index contributed by atoms with van der Waals surface area (Å²) in [6, 6.07) is 1.89. The van der Waals surface area contributed by atoms with Gasteiger partial charge in [0, 0.05) is 58.1 Å². The van der Waals surface area contributed by atoms with Gasteiger partial charge in [0.15, 0.2) is 0 Å². The molecule has 0 N–H and O–H groups in total. The van der Waals surface area contributed by atoms with Gasteiger partial charge in [-0.15, -0.1) is 0 Å². The molecule has 6 heteroatoms. The molecule has 0 aromatic carbocycles. The van der Waals surface area contributed by atoms with Gasteiger partial charge in [0.25, 0.3) is 0 Å². The number of ether oxygens (including phenoxy) is 1. The van der Waals surface area contributed by atoms with Crippen LogP contribution in [0.4, 0.5) is 0 Å². The van der Waals surface area contributed by atoms with Crippen LogP contribution in [-0.2, 0) is 16.1 Å². The van der Waals surface area contributed by atoms with Gasteiger partial charge >= 0.3 is 0 Å². The van der Waals surface area contributed by atoms with E-state index in [1.807, 2.05) is 21.8 Å². The maximum Gasteiger partial charge on any atom is 0.224 e. The summed E-state index contributed by atoms with van der Waals surface area (Å²) < 4.78 is 7.54. The number of hydrogen-bond donors (Lipinski definition) is 0. The van der Waals surface area contributed by atoms with Gasteiger partial charge in [-0.2, -0.15) is 5.10 Å². The Morgan fingerprint density at radius 2 is 2.18 bits per heavy atom. The van der Waals surface area contributed by atoms with Gasteiger partial charge in [-0.05, 0) is 31.9 Å². The van der Waals surface area contributed by atoms with E-state index < -0.39 is 0 Å². The highest BCUT2D eigenvalue weighted by atomic mass is 16.5. The van der Waals surface area contributed by atoms with Crippen LogP contribution in [0.5, 0.6) is 0 Å². The van der Waals surface area contributed by atoms with E-state index in [0.29, 0.717) is 19.1 Å². The Kier molecular flexibility index (Phi) is 5.45. The Morgan fingerprint density at radius 1 is 1.23 bits per heavy atom. The van der Waals surface area contributed by atoms with Gasteiger partial charge < -0.3 is 9.64 Å². The van der Waals surface area contributed by atoms with Crippen molar-refractivity contribution in [2.24, 2.45) is 0 Å². The van der Waals surface area contributed by atoms with E-state index in [1.165, 1.54) is 12.8 Å². The van der Waals surface area contributed by atoms with Gasteiger partial charge in [-0.25, -0.2) is 0 Å². The molecule has 6 nitrogen and oxygen atoms in total. The van der Waals surface area contributed by atoms with Gasteiger partial charge in [0.05, 0.1) is 6.10 Å². The third-order valence-electron chi connectivity index (χ3n) is 4.54. The minimum absolute atomic E-state index is 0.245. The number of nitrogens with zero attached hydrogens (tertiary/aromatic N) is 4. The molecule has 0 unspecified atom stereocenters. The second-order valence-electron chi connectivity index (χ2n) is 6.19. The molecular formula is C16H26N4O2. The first-order chi connectivity index (χ1) is 10.8. The average Bonchev–Trinajstić information content (AvgIpc) is 3.16. The third-order valence-corrected chi connectivity index (χ3v) is 4.54. The van der Waals surface area contributed by atoms with Crippen LogP contribution in [0, 0.1) is 0 Å². The summed E-state index contributed by atoms with van der Waals surface area (Å²) in [5, 5.41) is 4.15. The van der Waals surface area contributed by atoms with E-state index in [4.69, 9.17) is 4.74 Å². The molecule has 1 aromatic heterocycles. The molecule has 0 radical (unpaired) electrons. The summed E-state index contributed by atoms with van der Waals surface area (Å²) in [6.07, 6.45) is 8.02. The fourth-order valence-corrected chi connectivity index (χ4v) is 3.28. The maximum atomic E-state index is 12.3. The van der Waals surface area contributed by atoms with Crippen LogP contribution in [0.15, 0.2) is 18.5 Å². The number of amides is 1. The summed E-state index contributed by atoms with van der Waals surface area (Å²) in [7, 11) is 0. The number of aromatic nitrogens is 2. The normalized spacial score (nSPS) is 23.6. The van der Waals surface area contributed by atoms with Gasteiger partial charge in [0.1, 0.15) is 0 Å². The van der Waals surface area contributed by atoms with Crippen molar-refractivity contribution in [1.82, 2.24) is 19.6 Å². The molecule has 2 saturated heterocycles. The van der Waals surface area contributed by atoms with E-state index in [1.54, 1.807) is 6.20 Å². The number of aryl methyl sites for hydroxylation is 1. The highest BCUT2D eigenvalue weighted by Crippen LogP contribution is 2.15. The third kappa shape index (κ3) is 4.30. The molecule has 22 heavy (non-hydrogen) atoms. The lowest BCUT2D eigenvalue weighted by Gasteiger charge is -2.24. The fraction of sp³-hybridized carbons (Fsp3) is 0.750. The van der Waals surface area contributed by atoms with E-state index in [9.17, 15) is 4.79 Å². The average molecular weight is 306 g/mol. The molecule has 0 aliphatic carbocycles. The minimum Gasteiger partial charge on any atom is -0.377 e. The zero-order valence-electron chi connectivity index (χ0n) is 13.2. The molecule has 1 atom stereocenters. The Balaban J connectivity index is 1.42. The van der Waals surface area contributed by atoms with Crippen molar-refractivity contribution in [3.05, 3.63) is 18.5 Å². The molecule has 1 amide bonds. The first kappa shape index (κ1) is 15.5. The van der Waals surface area contributed by atoms with Gasteiger partial charge in [0.2, 0.25) is 5.91 Å². The molecule has 3 heterocycles. The lowest BCUT2D eigenvalue weighted by molar-refractivity contribution is -0.131. The standard InChI is InChI=1S/C16H26N4O2/c21-16(5-10-20-9-2-6-17-20)19-8-3-7-18(11-12-19)14-15-4-1-13-22-15/h2,6,9,15H,1,3-5,7-8,10-14H2/t15-/m0/s1. The van der Waals surface area contributed by atoms with Crippen molar-refractivity contribution < 1.29 is 9.53 Å². The first-order valence-electron chi connectivity index (χ1n) is 8.40. The monoisotopic (exact) mass is 306 g/mol. The summed E-state index contributed by atoms with van der Waals surface area (Å²) in [5.41, 5.74) is 0. The molecule has 3 rings (SSSR count). The number of rotatable bonds is 5. The van der Waals surface area contributed by atoms with Gasteiger partial charge in [-0.3, -0.25) is 14.4 Å². The largest absolute Gasteiger partial charge is 0.377 e. The van der Waals surface area contributed by atoms with Crippen molar-refractivity contribution in [2.75, 3.05) is 39.3 Å². The Bertz CT molecular complexity index is 457. The maximum absolute atomic E-state index is 12.3. The van der Waals surface area contributed by atoms with E-state index in [2.05, 4.69) is 10.00 Å². The highest BCUT2D eigenvalue weighted by molar-refractivity contribution is 5.76. The lowest BCUT2D eigenvalue weighted by atomic mass is 10.2. The molecule has 0 bridgehead atoms. The van der Waals surface area contributed by atoms with Crippen LogP contribution >= 0.6 is 0 Å². The molecule has 0 spiro atoms. The van der Waals surface area contributed by atoms with Crippen LogP contribution in [-0.4, -0.2) is 70.9 Å². The van der Waals surface area contributed by atoms with Crippen molar-refractivity contribution >= 4 is 5.91 Å². The van der Waals surface area contributed by atoms with Gasteiger partial charge in [-0.1, -0.05) is 0 Å². The summed E-state index contributed by atoms with van der Waals surface area (Å²) >= 11 is 0. The van der Waals surface area contributed by atoms with E-state index >= 15 is 0 Å². The predicted molar refractivity (Wildman–Crippen MR) is 83.5 cm³/mol. The Hall–Kier alpha value is -1.40. The van der Waals surface area contributed by atoms with Crippen molar-refractivity contribution in [2.45, 2.75) is 38.3 Å². The van der Waals surface area contributed by atoms with E-state index in [0.717, 1.165) is 45.8 Å². The van der Waals surface area contributed by atoms with Crippen molar-refractivity contribution in [1.29, 1.82) is 0 Å². The second kappa shape index (κ2) is 7.74. The van der Waals surface area contributed by atoms with Crippen LogP contribution in [0.3, 0.4) is 0 Å². The zero-order chi connectivity index (χ0) is 15.2. The Morgan fingerprint density at radius 3 is 2.95 bits per heavy atom. The number of carbonyl (C=O) groups is 1. The summed E-state index contributed by atoms with van der Waals surface area (Å²) in [6.45, 7) is 6.36. The van der Waals surface area contributed by atoms with Crippen LogP contribution in [0.25, 0.3) is 0 Å². The lowest BCUT2D eigenvalue weighted by Crippen LogP contribution is -2.37. The smallest absolute Gasteiger partial charge is 0.224 e. The van der Waals surface area contributed by atoms with Crippen molar-refractivity contribution in [3.63, 3.8) is 0 Å². The fourth-order valence-electron chi connectivity index (χ4n) is 3.28. The summed E-state index contributed by atoms with van der Waals surface area (Å²) in [4.78, 5) is 16.8. The molecule has 1 aromatic rings. The van der Waals surface area contributed by atoms with Crippen molar-refractivity contribution in [3.8, 4) is 0 Å². The predicted octanol–water partition coefficient (Wildman–Crippen LogP) is 0.987. The van der Waals surface area contributed by atoms with Crippen LogP contribution < -0.4 is 0 Å². The molecule has 2 fully saturated rings. The quantitative estimate of drug-likeness (QED) is 0.814. The summed E-state index contributed by atoms with van der Waals surface area (Å²) in [5.74, 6) is 0.245. The highest BCUT2D eigenvalue weighted by Gasteiger charge is 2.23. The zero-order valence-corrected chi connectivity index (χ0v) is 13.2. The topological polar surface area (TPSA) is 50.6 Å². The number of hydrogen-bond acceptors (Lipinski definition) is 4. The van der Waals surface area contributed by atoms with E-state index in [-0.39, 0.29) is 5.91 Å². The Labute approximate surface area is 132 Å². The molecule has 2 aliphatic rings. The number of carbonyl (C=O) groups excluding carboxylic acids is 1. The minimum atomic E-state index is 0.245. The molecule has 122 valence electrons.